The molecule has 1 aliphatic rings. The Morgan fingerprint density at radius 2 is 2.21 bits per heavy atom. The maximum absolute atomic E-state index is 11.0. The molecule has 2 atom stereocenters. The number of hydrogen-bond donors (Lipinski definition) is 3. The summed E-state index contributed by atoms with van der Waals surface area (Å²) in [6.07, 6.45) is 7.09. The van der Waals surface area contributed by atoms with Crippen LogP contribution in [0.25, 0.3) is 0 Å². The number of hydrogen-bond acceptors (Lipinski definition) is 5. The monoisotopic (exact) mass is 266 g/mol. The molecule has 2 unspecified atom stereocenters. The van der Waals surface area contributed by atoms with Crippen LogP contribution in [0.3, 0.4) is 0 Å². The minimum Gasteiger partial charge on any atom is -0.372 e. The molecule has 0 saturated carbocycles. The molecule has 1 aliphatic heterocycles. The highest BCUT2D eigenvalue weighted by molar-refractivity contribution is 5.32. The molecule has 0 aromatic rings. The van der Waals surface area contributed by atoms with E-state index in [-0.39, 0.29) is 6.17 Å². The van der Waals surface area contributed by atoms with Crippen molar-refractivity contribution in [2.45, 2.75) is 52.4 Å². The molecule has 0 fully saturated rings. The van der Waals surface area contributed by atoms with E-state index in [1.165, 1.54) is 12.8 Å². The summed E-state index contributed by atoms with van der Waals surface area (Å²) in [6.45, 7) is 7.83. The van der Waals surface area contributed by atoms with Gasteiger partial charge in [-0.2, -0.15) is 0 Å². The number of dihydropyridines is 1. The Kier molecular flexibility index (Phi) is 7.36. The van der Waals surface area contributed by atoms with Crippen molar-refractivity contribution in [1.29, 1.82) is 0 Å². The van der Waals surface area contributed by atoms with E-state index in [1.54, 1.807) is 0 Å². The first-order chi connectivity index (χ1) is 9.22. The molecule has 1 heterocycles. The molecule has 1 rings (SSSR count). The molecule has 0 spiro atoms. The summed E-state index contributed by atoms with van der Waals surface area (Å²) in [5, 5.41) is 13.0. The van der Waals surface area contributed by atoms with Crippen LogP contribution in [0.4, 0.5) is 0 Å². The number of likely N-dealkylation sites (N-methyl/N-ethyl adjacent to an activating group) is 1. The summed E-state index contributed by atoms with van der Waals surface area (Å²) in [5.41, 5.74) is 2.07. The summed E-state index contributed by atoms with van der Waals surface area (Å²) in [6, 6.07) is 0. The van der Waals surface area contributed by atoms with Crippen molar-refractivity contribution in [2.75, 3.05) is 13.1 Å². The van der Waals surface area contributed by atoms with Gasteiger partial charge in [-0.05, 0) is 37.2 Å². The molecule has 108 valence electrons. The second-order valence-electron chi connectivity index (χ2n) is 4.86. The van der Waals surface area contributed by atoms with Crippen LogP contribution >= 0.6 is 0 Å². The fourth-order valence-corrected chi connectivity index (χ4v) is 2.14. The van der Waals surface area contributed by atoms with E-state index in [4.69, 9.17) is 0 Å². The lowest BCUT2D eigenvalue weighted by Gasteiger charge is -2.28. The van der Waals surface area contributed by atoms with Gasteiger partial charge in [-0.15, -0.1) is 4.91 Å². The average Bonchev–Trinajstić information content (AvgIpc) is 2.42. The minimum atomic E-state index is -0.468. The van der Waals surface area contributed by atoms with Crippen LogP contribution in [0.5, 0.6) is 0 Å². The predicted molar refractivity (Wildman–Crippen MR) is 79.6 cm³/mol. The van der Waals surface area contributed by atoms with Gasteiger partial charge < -0.3 is 5.32 Å². The Bertz CT molecular complexity index is 338. The maximum atomic E-state index is 11.0. The highest BCUT2D eigenvalue weighted by Gasteiger charge is 2.24. The molecule has 19 heavy (non-hydrogen) atoms. The van der Waals surface area contributed by atoms with Crippen LogP contribution in [0.2, 0.25) is 0 Å². The summed E-state index contributed by atoms with van der Waals surface area (Å²) < 4.78 is 0. The zero-order chi connectivity index (χ0) is 14.1. The second-order valence-corrected chi connectivity index (χ2v) is 4.86. The zero-order valence-electron chi connectivity index (χ0n) is 12.2. The molecule has 0 aromatic carbocycles. The number of nitrogens with one attached hydrogen (secondary N) is 3. The summed E-state index contributed by atoms with van der Waals surface area (Å²) in [4.78, 5) is 11.0. The molecular weight excluding hydrogens is 240 g/mol. The van der Waals surface area contributed by atoms with E-state index >= 15 is 0 Å². The van der Waals surface area contributed by atoms with Gasteiger partial charge in [0.15, 0.2) is 6.17 Å². The first-order valence-corrected chi connectivity index (χ1v) is 7.16. The third kappa shape index (κ3) is 5.12. The van der Waals surface area contributed by atoms with Crippen LogP contribution in [0, 0.1) is 4.91 Å². The molecule has 3 N–H and O–H groups in total. The van der Waals surface area contributed by atoms with Gasteiger partial charge in [0.05, 0.1) is 0 Å². The van der Waals surface area contributed by atoms with E-state index in [0.717, 1.165) is 30.7 Å². The number of unbranched alkanes of at least 4 members (excludes halogenated alkanes) is 2. The van der Waals surface area contributed by atoms with E-state index in [0.29, 0.717) is 0 Å². The first-order valence-electron chi connectivity index (χ1n) is 7.16. The summed E-state index contributed by atoms with van der Waals surface area (Å²) in [5.74, 6) is 0. The Balaban J connectivity index is 2.63. The molecule has 0 aliphatic carbocycles. The number of allylic oxidation sites excluding steroid dienone is 2. The maximum Gasteiger partial charge on any atom is 0.167 e. The zero-order valence-corrected chi connectivity index (χ0v) is 12.2. The molecular formula is C14H26N4O. The Labute approximate surface area is 115 Å². The number of nitrogens with zero attached hydrogens (tertiary/aromatic N) is 1. The van der Waals surface area contributed by atoms with Gasteiger partial charge in [0.2, 0.25) is 0 Å². The minimum absolute atomic E-state index is 0.0118. The van der Waals surface area contributed by atoms with Crippen LogP contribution in [0.1, 0.15) is 40.0 Å². The van der Waals surface area contributed by atoms with Crippen molar-refractivity contribution in [3.05, 3.63) is 28.3 Å². The third-order valence-electron chi connectivity index (χ3n) is 3.15. The van der Waals surface area contributed by atoms with E-state index in [2.05, 4.69) is 28.1 Å². The fraction of sp³-hybridized carbons (Fsp3) is 0.714. The van der Waals surface area contributed by atoms with Gasteiger partial charge in [0.1, 0.15) is 6.17 Å². The quantitative estimate of drug-likeness (QED) is 0.442. The molecule has 0 aromatic heterocycles. The van der Waals surface area contributed by atoms with Crippen LogP contribution in [-0.2, 0) is 0 Å². The predicted octanol–water partition coefficient (Wildman–Crippen LogP) is 2.23. The molecule has 0 amide bonds. The smallest absolute Gasteiger partial charge is 0.167 e. The average molecular weight is 266 g/mol. The molecule has 0 saturated heterocycles. The highest BCUT2D eigenvalue weighted by Crippen LogP contribution is 2.16. The largest absolute Gasteiger partial charge is 0.372 e. The van der Waals surface area contributed by atoms with Crippen LogP contribution in [-0.4, -0.2) is 25.4 Å². The van der Waals surface area contributed by atoms with E-state index in [9.17, 15) is 4.91 Å². The van der Waals surface area contributed by atoms with Crippen molar-refractivity contribution < 1.29 is 0 Å². The number of nitroso groups, excluding NO2 is 1. The normalized spacial score (nSPS) is 20.3. The molecule has 5 heteroatoms. The summed E-state index contributed by atoms with van der Waals surface area (Å²) >= 11 is 0. The third-order valence-corrected chi connectivity index (χ3v) is 3.15. The Morgan fingerprint density at radius 1 is 1.42 bits per heavy atom. The Morgan fingerprint density at radius 3 is 2.84 bits per heavy atom. The Hall–Kier alpha value is -1.20. The van der Waals surface area contributed by atoms with Gasteiger partial charge in [0, 0.05) is 11.8 Å². The van der Waals surface area contributed by atoms with Crippen LogP contribution in [0.15, 0.2) is 28.6 Å². The molecule has 0 bridgehead atoms. The lowest BCUT2D eigenvalue weighted by atomic mass is 10.0. The molecule has 0 radical (unpaired) electrons. The standard InChI is InChI=1S/C14H26N4O/c1-4-6-7-8-16-13-12(9-11(3)10-17-13)14(18-19)15-5-2/h9-10,13-17H,4-8H2,1-3H3. The van der Waals surface area contributed by atoms with Gasteiger partial charge in [-0.25, -0.2) is 0 Å². The van der Waals surface area contributed by atoms with Crippen molar-refractivity contribution in [2.24, 2.45) is 5.18 Å². The van der Waals surface area contributed by atoms with Gasteiger partial charge in [0.25, 0.3) is 0 Å². The van der Waals surface area contributed by atoms with Gasteiger partial charge >= 0.3 is 0 Å². The lowest BCUT2D eigenvalue weighted by molar-refractivity contribution is 0.457. The molecule has 5 nitrogen and oxygen atoms in total. The number of rotatable bonds is 9. The van der Waals surface area contributed by atoms with Crippen molar-refractivity contribution in [3.63, 3.8) is 0 Å². The van der Waals surface area contributed by atoms with Gasteiger partial charge in [-0.1, -0.05) is 32.8 Å². The highest BCUT2D eigenvalue weighted by atomic mass is 16.3. The van der Waals surface area contributed by atoms with E-state index in [1.807, 2.05) is 26.1 Å². The fourth-order valence-electron chi connectivity index (χ4n) is 2.14. The van der Waals surface area contributed by atoms with E-state index < -0.39 is 6.17 Å². The first kappa shape index (κ1) is 15.9. The summed E-state index contributed by atoms with van der Waals surface area (Å²) in [7, 11) is 0. The van der Waals surface area contributed by atoms with Crippen LogP contribution < -0.4 is 16.0 Å². The SMILES string of the molecule is CCCCCNC1NC=C(C)C=C1C(N=O)NCC. The van der Waals surface area contributed by atoms with Gasteiger partial charge in [-0.3, -0.25) is 10.6 Å². The van der Waals surface area contributed by atoms with Crippen molar-refractivity contribution >= 4 is 0 Å². The van der Waals surface area contributed by atoms with Crippen molar-refractivity contribution in [3.8, 4) is 0 Å². The topological polar surface area (TPSA) is 65.5 Å². The lowest BCUT2D eigenvalue weighted by Crippen LogP contribution is -2.48. The second kappa shape index (κ2) is 8.82. The van der Waals surface area contributed by atoms with Crippen molar-refractivity contribution in [1.82, 2.24) is 16.0 Å².